The van der Waals surface area contributed by atoms with E-state index < -0.39 is 6.36 Å². The van der Waals surface area contributed by atoms with Crippen LogP contribution in [0.3, 0.4) is 0 Å². The summed E-state index contributed by atoms with van der Waals surface area (Å²) in [7, 11) is 0. The lowest BCUT2D eigenvalue weighted by Gasteiger charge is -2.32. The number of fused-ring (bicyclic) bond motifs is 1. The molecular formula is C33H36F3N3O2. The molecule has 0 atom stereocenters. The Labute approximate surface area is 238 Å². The highest BCUT2D eigenvalue weighted by Gasteiger charge is 2.31. The number of aryl methyl sites for hydroxylation is 1. The number of anilines is 1. The third kappa shape index (κ3) is 7.30. The number of aromatic nitrogens is 1. The average molecular weight is 564 g/mol. The number of benzene rings is 3. The van der Waals surface area contributed by atoms with Gasteiger partial charge in [-0.25, -0.2) is 0 Å². The number of amides is 1. The van der Waals surface area contributed by atoms with Crippen LogP contribution in [0.1, 0.15) is 50.2 Å². The lowest BCUT2D eigenvalue weighted by molar-refractivity contribution is -0.274. The van der Waals surface area contributed by atoms with Crippen molar-refractivity contribution in [1.29, 1.82) is 0 Å². The molecule has 1 saturated heterocycles. The molecule has 3 aromatic carbocycles. The van der Waals surface area contributed by atoms with Crippen molar-refractivity contribution in [3.8, 4) is 17.0 Å². The number of nitrogens with one attached hydrogen (secondary N) is 2. The normalized spacial score (nSPS) is 15.0. The highest BCUT2D eigenvalue weighted by molar-refractivity contribution is 5.92. The molecule has 2 heterocycles. The molecule has 0 bridgehead atoms. The van der Waals surface area contributed by atoms with E-state index in [1.807, 2.05) is 56.3 Å². The van der Waals surface area contributed by atoms with Gasteiger partial charge in [0.05, 0.1) is 0 Å². The molecule has 1 aliphatic rings. The third-order valence-electron chi connectivity index (χ3n) is 7.81. The van der Waals surface area contributed by atoms with Gasteiger partial charge in [-0.2, -0.15) is 0 Å². The number of carbonyl (C=O) groups excluding carboxylic acids is 1. The van der Waals surface area contributed by atoms with Gasteiger partial charge in [-0.1, -0.05) is 56.3 Å². The zero-order valence-corrected chi connectivity index (χ0v) is 23.4. The minimum absolute atomic E-state index is 0.0201. The molecule has 4 aromatic rings. The molecule has 0 unspecified atom stereocenters. The fourth-order valence-electron chi connectivity index (χ4n) is 5.66. The summed E-state index contributed by atoms with van der Waals surface area (Å²) in [6.45, 7) is 6.65. The Morgan fingerprint density at radius 1 is 1.02 bits per heavy atom. The van der Waals surface area contributed by atoms with Crippen LogP contribution in [0, 0.1) is 5.92 Å². The predicted molar refractivity (Wildman–Crippen MR) is 157 cm³/mol. The molecule has 0 radical (unpaired) electrons. The number of carbonyl (C=O) groups is 1. The summed E-state index contributed by atoms with van der Waals surface area (Å²) in [5.74, 6) is 0.198. The first-order valence-corrected chi connectivity index (χ1v) is 14.3. The van der Waals surface area contributed by atoms with Crippen LogP contribution in [-0.4, -0.2) is 41.8 Å². The Balaban J connectivity index is 1.23. The summed E-state index contributed by atoms with van der Waals surface area (Å²) in [6, 6.07) is 22.6. The second-order valence-electron chi connectivity index (χ2n) is 11.1. The second kappa shape index (κ2) is 12.4. The van der Waals surface area contributed by atoms with E-state index in [4.69, 9.17) is 0 Å². The number of alkyl halides is 3. The summed E-state index contributed by atoms with van der Waals surface area (Å²) < 4.78 is 42.9. The quantitative estimate of drug-likeness (QED) is 0.216. The number of hydrogen-bond acceptors (Lipinski definition) is 3. The maximum absolute atomic E-state index is 12.9. The molecule has 1 amide bonds. The summed E-state index contributed by atoms with van der Waals surface area (Å²) in [6.07, 6.45) is -1.03. The van der Waals surface area contributed by atoms with Crippen LogP contribution in [0.4, 0.5) is 18.9 Å². The first-order chi connectivity index (χ1) is 19.7. The monoisotopic (exact) mass is 563 g/mol. The lowest BCUT2D eigenvalue weighted by Crippen LogP contribution is -2.33. The standard InChI is InChI=1S/C33H36F3N3O2/c1-22(2)32(40)37-26-11-6-10-25(20-26)23-15-18-39(19-16-23)17-7-12-28-29-21-27(41-33(34,35)36)13-14-30(29)38-31(28)24-8-4-3-5-9-24/h3-6,8-11,13-14,20-23,38H,7,12,15-19H2,1-2H3,(H,37,40). The van der Waals surface area contributed by atoms with Gasteiger partial charge in [-0.15, -0.1) is 13.2 Å². The first kappa shape index (κ1) is 28.7. The SMILES string of the molecule is CC(C)C(=O)Nc1cccc(C2CCN(CCCc3c(-c4ccccc4)[nH]c4ccc(OC(F)(F)F)cc34)CC2)c1. The van der Waals surface area contributed by atoms with E-state index in [-0.39, 0.29) is 17.6 Å². The zero-order chi connectivity index (χ0) is 29.0. The average Bonchev–Trinajstić information content (AvgIpc) is 3.31. The van der Waals surface area contributed by atoms with E-state index in [1.165, 1.54) is 17.7 Å². The maximum atomic E-state index is 12.9. The van der Waals surface area contributed by atoms with E-state index in [2.05, 4.69) is 32.1 Å². The number of halogens is 3. The van der Waals surface area contributed by atoms with Gasteiger partial charge in [-0.05, 0) is 98.3 Å². The topological polar surface area (TPSA) is 57.4 Å². The van der Waals surface area contributed by atoms with Crippen LogP contribution in [0.15, 0.2) is 72.8 Å². The first-order valence-electron chi connectivity index (χ1n) is 14.3. The maximum Gasteiger partial charge on any atom is 0.573 e. The minimum atomic E-state index is -4.73. The van der Waals surface area contributed by atoms with E-state index >= 15 is 0 Å². The number of hydrogen-bond donors (Lipinski definition) is 2. The summed E-state index contributed by atoms with van der Waals surface area (Å²) in [5, 5.41) is 3.76. The number of H-pyrrole nitrogens is 1. The second-order valence-corrected chi connectivity index (χ2v) is 11.1. The molecule has 5 nitrogen and oxygen atoms in total. The van der Waals surface area contributed by atoms with Gasteiger partial charge in [0.15, 0.2) is 0 Å². The number of aromatic amines is 1. The minimum Gasteiger partial charge on any atom is -0.406 e. The van der Waals surface area contributed by atoms with Crippen molar-refractivity contribution in [2.45, 2.75) is 51.8 Å². The van der Waals surface area contributed by atoms with Crippen molar-refractivity contribution in [1.82, 2.24) is 9.88 Å². The molecule has 41 heavy (non-hydrogen) atoms. The van der Waals surface area contributed by atoms with E-state index in [9.17, 15) is 18.0 Å². The summed E-state index contributed by atoms with van der Waals surface area (Å²) in [5.41, 5.74) is 5.85. The Hall–Kier alpha value is -3.78. The fraction of sp³-hybridized carbons (Fsp3) is 0.364. The molecular weight excluding hydrogens is 527 g/mol. The van der Waals surface area contributed by atoms with E-state index in [1.54, 1.807) is 6.07 Å². The Bertz CT molecular complexity index is 1470. The Morgan fingerprint density at radius 3 is 2.49 bits per heavy atom. The summed E-state index contributed by atoms with van der Waals surface area (Å²) >= 11 is 0. The number of nitrogens with zero attached hydrogens (tertiary/aromatic N) is 1. The van der Waals surface area contributed by atoms with Gasteiger partial charge in [0.25, 0.3) is 0 Å². The van der Waals surface area contributed by atoms with Crippen LogP contribution >= 0.6 is 0 Å². The smallest absolute Gasteiger partial charge is 0.406 e. The number of likely N-dealkylation sites (tertiary alicyclic amines) is 1. The van der Waals surface area contributed by atoms with E-state index in [0.717, 1.165) is 78.7 Å². The van der Waals surface area contributed by atoms with Gasteiger partial charge >= 0.3 is 6.36 Å². The van der Waals surface area contributed by atoms with Gasteiger partial charge in [0, 0.05) is 28.2 Å². The van der Waals surface area contributed by atoms with Crippen molar-refractivity contribution in [3.63, 3.8) is 0 Å². The molecule has 2 N–H and O–H groups in total. The molecule has 1 aliphatic heterocycles. The third-order valence-corrected chi connectivity index (χ3v) is 7.81. The molecule has 216 valence electrons. The number of ether oxygens (including phenoxy) is 1. The zero-order valence-electron chi connectivity index (χ0n) is 23.4. The van der Waals surface area contributed by atoms with Crippen molar-refractivity contribution in [2.75, 3.05) is 25.0 Å². The molecule has 1 aromatic heterocycles. The van der Waals surface area contributed by atoms with Crippen LogP contribution in [0.25, 0.3) is 22.2 Å². The Kier molecular flexibility index (Phi) is 8.68. The van der Waals surface area contributed by atoms with Crippen molar-refractivity contribution in [3.05, 3.63) is 83.9 Å². The Morgan fingerprint density at radius 2 is 1.78 bits per heavy atom. The number of piperidine rings is 1. The summed E-state index contributed by atoms with van der Waals surface area (Å²) in [4.78, 5) is 18.0. The molecule has 0 aliphatic carbocycles. The highest BCUT2D eigenvalue weighted by atomic mass is 19.4. The van der Waals surface area contributed by atoms with Crippen molar-refractivity contribution < 1.29 is 22.7 Å². The largest absolute Gasteiger partial charge is 0.573 e. The highest BCUT2D eigenvalue weighted by Crippen LogP contribution is 2.35. The van der Waals surface area contributed by atoms with Crippen molar-refractivity contribution >= 4 is 22.5 Å². The number of rotatable bonds is 9. The van der Waals surface area contributed by atoms with Gasteiger partial charge in [-0.3, -0.25) is 4.79 Å². The van der Waals surface area contributed by atoms with E-state index in [0.29, 0.717) is 5.92 Å². The van der Waals surface area contributed by atoms with Crippen LogP contribution in [-0.2, 0) is 11.2 Å². The molecule has 8 heteroatoms. The van der Waals surface area contributed by atoms with Gasteiger partial charge in [0.1, 0.15) is 5.75 Å². The van der Waals surface area contributed by atoms with Gasteiger partial charge < -0.3 is 19.9 Å². The molecule has 0 saturated carbocycles. The molecule has 1 fully saturated rings. The van der Waals surface area contributed by atoms with Crippen LogP contribution < -0.4 is 10.1 Å². The van der Waals surface area contributed by atoms with Crippen LogP contribution in [0.5, 0.6) is 5.75 Å². The lowest BCUT2D eigenvalue weighted by atomic mass is 9.89. The molecule has 5 rings (SSSR count). The predicted octanol–water partition coefficient (Wildman–Crippen LogP) is 8.14. The molecule has 0 spiro atoms. The van der Waals surface area contributed by atoms with Crippen LogP contribution in [0.2, 0.25) is 0 Å². The fourth-order valence-corrected chi connectivity index (χ4v) is 5.66. The van der Waals surface area contributed by atoms with Gasteiger partial charge in [0.2, 0.25) is 5.91 Å². The van der Waals surface area contributed by atoms with Crippen molar-refractivity contribution in [2.24, 2.45) is 5.92 Å².